The van der Waals surface area contributed by atoms with Crippen molar-refractivity contribution in [2.75, 3.05) is 12.4 Å². The summed E-state index contributed by atoms with van der Waals surface area (Å²) in [6.07, 6.45) is 4.22. The number of carboxylic acid groups (broad SMARTS) is 1. The number of amides is 1. The maximum Gasteiger partial charge on any atom is 0.248 e. The number of carboxylic acids is 1. The third-order valence-corrected chi connectivity index (χ3v) is 5.38. The van der Waals surface area contributed by atoms with Gasteiger partial charge in [-0.3, -0.25) is 9.69 Å². The highest BCUT2D eigenvalue weighted by Gasteiger charge is 2.50. The van der Waals surface area contributed by atoms with Crippen molar-refractivity contribution in [2.45, 2.75) is 24.4 Å². The quantitative estimate of drug-likeness (QED) is 0.465. The Balaban J connectivity index is 1.84. The summed E-state index contributed by atoms with van der Waals surface area (Å²) in [5.74, 6) is -1.22. The van der Waals surface area contributed by atoms with E-state index in [1.54, 1.807) is 0 Å². The summed E-state index contributed by atoms with van der Waals surface area (Å²) in [6, 6.07) is 3.11. The Morgan fingerprint density at radius 1 is 1.48 bits per heavy atom. The van der Waals surface area contributed by atoms with Crippen molar-refractivity contribution in [1.29, 1.82) is 0 Å². The number of fused-ring (bicyclic) bond motifs is 1. The molecule has 0 saturated carbocycles. The van der Waals surface area contributed by atoms with Crippen LogP contribution >= 0.6 is 11.8 Å². The molecular weight excluding hydrogens is 318 g/mol. The minimum atomic E-state index is -1.34. The van der Waals surface area contributed by atoms with E-state index in [0.717, 1.165) is 5.56 Å². The van der Waals surface area contributed by atoms with E-state index >= 15 is 0 Å². The number of pyridine rings is 1. The van der Waals surface area contributed by atoms with Gasteiger partial charge in [0.05, 0.1) is 11.7 Å². The van der Waals surface area contributed by atoms with Crippen LogP contribution in [0.3, 0.4) is 0 Å². The molecule has 2 aliphatic rings. The van der Waals surface area contributed by atoms with Crippen LogP contribution in [0.1, 0.15) is 5.56 Å². The van der Waals surface area contributed by atoms with Gasteiger partial charge in [0.1, 0.15) is 11.4 Å². The van der Waals surface area contributed by atoms with E-state index in [4.69, 9.17) is 10.8 Å². The monoisotopic (exact) mass is 335 g/mol. The summed E-state index contributed by atoms with van der Waals surface area (Å²) in [6.45, 7) is 0.445. The standard InChI is InChI=1S/C15H17N3O4S/c16-11-13(20)18-12(15(21)22)10(8-23-14(11)18)7-17-4-1-9(2-5-17)3-6-19/h1-2,4-5,11,14,19H,3,6-8,16H2. The van der Waals surface area contributed by atoms with Gasteiger partial charge < -0.3 is 20.7 Å². The van der Waals surface area contributed by atoms with E-state index in [1.807, 2.05) is 29.1 Å². The van der Waals surface area contributed by atoms with Crippen LogP contribution in [-0.4, -0.2) is 45.7 Å². The zero-order chi connectivity index (χ0) is 16.6. The van der Waals surface area contributed by atoms with Gasteiger partial charge in [0.15, 0.2) is 18.9 Å². The van der Waals surface area contributed by atoms with Gasteiger partial charge in [0.2, 0.25) is 5.91 Å². The molecule has 8 heteroatoms. The SMILES string of the molecule is NC1C(=O)N2C(C(=O)[O-])=C(C[n+]3ccc(CCO)cc3)CSC12. The fourth-order valence-corrected chi connectivity index (χ4v) is 4.08. The van der Waals surface area contributed by atoms with Crippen molar-refractivity contribution >= 4 is 23.6 Å². The molecule has 0 aliphatic carbocycles. The highest BCUT2D eigenvalue weighted by molar-refractivity contribution is 8.00. The second-order valence-corrected chi connectivity index (χ2v) is 6.63. The normalized spacial score (nSPS) is 23.6. The van der Waals surface area contributed by atoms with Crippen molar-refractivity contribution in [1.82, 2.24) is 4.90 Å². The van der Waals surface area contributed by atoms with Gasteiger partial charge in [0.25, 0.3) is 0 Å². The summed E-state index contributed by atoms with van der Waals surface area (Å²) >= 11 is 1.47. The van der Waals surface area contributed by atoms with Crippen molar-refractivity contribution < 1.29 is 24.4 Å². The molecule has 23 heavy (non-hydrogen) atoms. The third kappa shape index (κ3) is 2.85. The Hall–Kier alpha value is -1.90. The summed E-state index contributed by atoms with van der Waals surface area (Å²) in [5.41, 5.74) is 7.29. The van der Waals surface area contributed by atoms with Gasteiger partial charge in [-0.25, -0.2) is 4.57 Å². The highest BCUT2D eigenvalue weighted by Crippen LogP contribution is 2.39. The molecule has 3 rings (SSSR count). The number of rotatable bonds is 5. The largest absolute Gasteiger partial charge is 0.543 e. The molecule has 1 amide bonds. The first kappa shape index (κ1) is 16.0. The van der Waals surface area contributed by atoms with Crippen LogP contribution in [0.25, 0.3) is 0 Å². The average Bonchev–Trinajstić information content (AvgIpc) is 2.55. The van der Waals surface area contributed by atoms with Gasteiger partial charge >= 0.3 is 0 Å². The van der Waals surface area contributed by atoms with Crippen LogP contribution in [0.15, 0.2) is 35.8 Å². The number of β-lactam (4-membered cyclic amide) rings is 1. The van der Waals surface area contributed by atoms with Crippen molar-refractivity contribution in [2.24, 2.45) is 5.73 Å². The van der Waals surface area contributed by atoms with Crippen LogP contribution in [-0.2, 0) is 22.6 Å². The number of aliphatic hydroxyl groups excluding tert-OH is 1. The van der Waals surface area contributed by atoms with Gasteiger partial charge in [-0.05, 0) is 12.0 Å². The first-order valence-electron chi connectivity index (χ1n) is 7.25. The van der Waals surface area contributed by atoms with Crippen LogP contribution < -0.4 is 15.4 Å². The lowest BCUT2D eigenvalue weighted by Crippen LogP contribution is -2.69. The number of thioether (sulfide) groups is 1. The average molecular weight is 335 g/mol. The van der Waals surface area contributed by atoms with Gasteiger partial charge in [-0.2, -0.15) is 0 Å². The fourth-order valence-electron chi connectivity index (χ4n) is 2.80. The number of carbonyl (C=O) groups excluding carboxylic acids is 2. The van der Waals surface area contributed by atoms with E-state index in [0.29, 0.717) is 24.3 Å². The van der Waals surface area contributed by atoms with Crippen LogP contribution in [0, 0.1) is 0 Å². The summed E-state index contributed by atoms with van der Waals surface area (Å²) in [7, 11) is 0. The van der Waals surface area contributed by atoms with E-state index in [9.17, 15) is 14.7 Å². The molecule has 1 aromatic heterocycles. The number of hydrogen-bond donors (Lipinski definition) is 2. The summed E-state index contributed by atoms with van der Waals surface area (Å²) < 4.78 is 1.84. The Morgan fingerprint density at radius 3 is 2.78 bits per heavy atom. The number of aliphatic hydroxyl groups is 1. The van der Waals surface area contributed by atoms with Gasteiger partial charge in [-0.15, -0.1) is 11.8 Å². The molecule has 1 saturated heterocycles. The zero-order valence-corrected chi connectivity index (χ0v) is 13.2. The van der Waals surface area contributed by atoms with Gasteiger partial charge in [-0.1, -0.05) is 0 Å². The lowest BCUT2D eigenvalue weighted by atomic mass is 10.0. The molecular formula is C15H17N3O4S. The van der Waals surface area contributed by atoms with E-state index in [1.165, 1.54) is 16.7 Å². The second-order valence-electron chi connectivity index (χ2n) is 5.53. The molecule has 3 N–H and O–H groups in total. The van der Waals surface area contributed by atoms with Gasteiger partial charge in [0, 0.05) is 30.1 Å². The van der Waals surface area contributed by atoms with E-state index in [-0.39, 0.29) is 23.6 Å². The molecule has 3 heterocycles. The Kier molecular flexibility index (Phi) is 4.38. The maximum absolute atomic E-state index is 11.9. The number of aliphatic carboxylic acids is 1. The van der Waals surface area contributed by atoms with E-state index in [2.05, 4.69) is 0 Å². The van der Waals surface area contributed by atoms with Crippen molar-refractivity contribution in [3.63, 3.8) is 0 Å². The maximum atomic E-state index is 11.9. The minimum Gasteiger partial charge on any atom is -0.543 e. The fraction of sp³-hybridized carbons (Fsp3) is 0.400. The molecule has 1 fully saturated rings. The Bertz CT molecular complexity index is 674. The number of aromatic nitrogens is 1. The molecule has 0 radical (unpaired) electrons. The molecule has 0 bridgehead atoms. The third-order valence-electron chi connectivity index (χ3n) is 4.02. The molecule has 122 valence electrons. The molecule has 2 atom stereocenters. The van der Waals surface area contributed by atoms with Crippen molar-refractivity contribution in [3.05, 3.63) is 41.4 Å². The first-order chi connectivity index (χ1) is 11.0. The second kappa shape index (κ2) is 6.31. The van der Waals surface area contributed by atoms with Crippen LogP contribution in [0.4, 0.5) is 0 Å². The number of nitrogens with zero attached hydrogens (tertiary/aromatic N) is 2. The zero-order valence-electron chi connectivity index (χ0n) is 12.3. The molecule has 2 aliphatic heterocycles. The highest BCUT2D eigenvalue weighted by atomic mass is 32.2. The Morgan fingerprint density at radius 2 is 2.17 bits per heavy atom. The molecule has 0 spiro atoms. The summed E-state index contributed by atoms with van der Waals surface area (Å²) in [5, 5.41) is 20.1. The summed E-state index contributed by atoms with van der Waals surface area (Å²) in [4.78, 5) is 24.6. The van der Waals surface area contributed by atoms with E-state index < -0.39 is 12.0 Å². The number of hydrogen-bond acceptors (Lipinski definition) is 6. The molecule has 7 nitrogen and oxygen atoms in total. The predicted molar refractivity (Wildman–Crippen MR) is 80.5 cm³/mol. The molecule has 0 aromatic carbocycles. The Labute approximate surface area is 137 Å². The molecule has 1 aromatic rings. The predicted octanol–water partition coefficient (Wildman–Crippen LogP) is -2.24. The topological polar surface area (TPSA) is 111 Å². The smallest absolute Gasteiger partial charge is 0.248 e. The minimum absolute atomic E-state index is 0.0487. The number of nitrogens with two attached hydrogens (primary N) is 1. The van der Waals surface area contributed by atoms with Crippen LogP contribution in [0.5, 0.6) is 0 Å². The van der Waals surface area contributed by atoms with Crippen molar-refractivity contribution in [3.8, 4) is 0 Å². The first-order valence-corrected chi connectivity index (χ1v) is 8.30. The molecule has 2 unspecified atom stereocenters. The van der Waals surface area contributed by atoms with Crippen LogP contribution in [0.2, 0.25) is 0 Å². The number of carbonyl (C=O) groups is 2. The lowest BCUT2D eigenvalue weighted by molar-refractivity contribution is -0.689. The lowest BCUT2D eigenvalue weighted by Gasteiger charge is -2.49.